The SMILES string of the molecule is CC(C)C[C@H](CCCC(=O)c1cnc2cc(C(C)(C)C)n(C)c2n1)[C@@H]1COC(C)(C)N1C(=O)OC(C)(C)C. The van der Waals surface area contributed by atoms with Gasteiger partial charge in [0.25, 0.3) is 0 Å². The molecule has 38 heavy (non-hydrogen) atoms. The Morgan fingerprint density at radius 2 is 1.84 bits per heavy atom. The number of ketones is 1. The van der Waals surface area contributed by atoms with Gasteiger partial charge in [-0.15, -0.1) is 0 Å². The minimum absolute atomic E-state index is 0.00629. The van der Waals surface area contributed by atoms with E-state index in [4.69, 9.17) is 9.47 Å². The molecule has 2 atom stereocenters. The van der Waals surface area contributed by atoms with E-state index in [9.17, 15) is 9.59 Å². The van der Waals surface area contributed by atoms with E-state index in [1.54, 1.807) is 11.1 Å². The number of Topliss-reactive ketones (excluding diaryl/α,β-unsaturated/α-hetero) is 1. The van der Waals surface area contributed by atoms with Crippen LogP contribution in [0, 0.1) is 11.8 Å². The molecule has 3 rings (SSSR count). The van der Waals surface area contributed by atoms with Gasteiger partial charge in [-0.3, -0.25) is 14.7 Å². The van der Waals surface area contributed by atoms with Crippen LogP contribution in [0.5, 0.6) is 0 Å². The zero-order valence-electron chi connectivity index (χ0n) is 25.3. The molecule has 3 heterocycles. The molecule has 1 amide bonds. The second-order valence-electron chi connectivity index (χ2n) is 13.7. The second kappa shape index (κ2) is 10.9. The van der Waals surface area contributed by atoms with Crippen molar-refractivity contribution >= 4 is 23.0 Å². The lowest BCUT2D eigenvalue weighted by atomic mass is 9.85. The third-order valence-corrected chi connectivity index (χ3v) is 7.19. The molecular weight excluding hydrogens is 480 g/mol. The summed E-state index contributed by atoms with van der Waals surface area (Å²) >= 11 is 0. The molecule has 0 spiro atoms. The first-order chi connectivity index (χ1) is 17.4. The van der Waals surface area contributed by atoms with Crippen molar-refractivity contribution in [1.82, 2.24) is 19.4 Å². The van der Waals surface area contributed by atoms with Crippen molar-refractivity contribution < 1.29 is 19.1 Å². The Balaban J connectivity index is 1.73. The van der Waals surface area contributed by atoms with Crippen LogP contribution in [0.3, 0.4) is 0 Å². The van der Waals surface area contributed by atoms with Gasteiger partial charge in [-0.25, -0.2) is 9.78 Å². The molecule has 1 aliphatic rings. The van der Waals surface area contributed by atoms with Gasteiger partial charge in [0.2, 0.25) is 0 Å². The third-order valence-electron chi connectivity index (χ3n) is 7.19. The van der Waals surface area contributed by atoms with E-state index in [0.717, 1.165) is 29.7 Å². The van der Waals surface area contributed by atoms with Crippen LogP contribution in [0.25, 0.3) is 11.2 Å². The zero-order valence-corrected chi connectivity index (χ0v) is 25.3. The number of rotatable bonds is 8. The summed E-state index contributed by atoms with van der Waals surface area (Å²) in [6.45, 7) is 20.8. The lowest BCUT2D eigenvalue weighted by Crippen LogP contribution is -2.52. The van der Waals surface area contributed by atoms with Crippen LogP contribution in [0.1, 0.15) is 111 Å². The number of ether oxygens (including phenoxy) is 2. The number of carbonyl (C=O) groups excluding carboxylic acids is 2. The van der Waals surface area contributed by atoms with Crippen LogP contribution < -0.4 is 0 Å². The predicted octanol–water partition coefficient (Wildman–Crippen LogP) is 6.65. The van der Waals surface area contributed by atoms with Gasteiger partial charge in [0, 0.05) is 24.6 Å². The van der Waals surface area contributed by atoms with Gasteiger partial charge >= 0.3 is 6.09 Å². The molecule has 0 N–H and O–H groups in total. The fourth-order valence-corrected chi connectivity index (χ4v) is 5.50. The Morgan fingerprint density at radius 3 is 2.42 bits per heavy atom. The average molecular weight is 529 g/mol. The predicted molar refractivity (Wildman–Crippen MR) is 150 cm³/mol. The van der Waals surface area contributed by atoms with Crippen LogP contribution in [-0.4, -0.2) is 55.3 Å². The Bertz CT molecular complexity index is 1150. The summed E-state index contributed by atoms with van der Waals surface area (Å²) in [6, 6.07) is 1.95. The molecule has 8 heteroatoms. The van der Waals surface area contributed by atoms with Gasteiger partial charge in [0.15, 0.2) is 11.4 Å². The molecule has 212 valence electrons. The normalized spacial score (nSPS) is 18.8. The van der Waals surface area contributed by atoms with Crippen LogP contribution >= 0.6 is 0 Å². The molecule has 1 fully saturated rings. The van der Waals surface area contributed by atoms with Crippen molar-refractivity contribution in [3.05, 3.63) is 23.7 Å². The molecule has 1 saturated heterocycles. The number of amides is 1. The number of fused-ring (bicyclic) bond motifs is 1. The summed E-state index contributed by atoms with van der Waals surface area (Å²) in [6.07, 6.45) is 4.07. The Morgan fingerprint density at radius 1 is 1.18 bits per heavy atom. The first-order valence-corrected chi connectivity index (χ1v) is 13.9. The van der Waals surface area contributed by atoms with Crippen LogP contribution in [0.15, 0.2) is 12.3 Å². The molecule has 0 bridgehead atoms. The summed E-state index contributed by atoms with van der Waals surface area (Å²) in [5.41, 5.74) is 1.69. The van der Waals surface area contributed by atoms with Crippen LogP contribution in [0.4, 0.5) is 4.79 Å². The van der Waals surface area contributed by atoms with E-state index in [2.05, 4.69) is 50.7 Å². The van der Waals surface area contributed by atoms with E-state index < -0.39 is 11.3 Å². The lowest BCUT2D eigenvalue weighted by molar-refractivity contribution is -0.0649. The maximum atomic E-state index is 13.2. The van der Waals surface area contributed by atoms with E-state index in [0.29, 0.717) is 31.1 Å². The topological polar surface area (TPSA) is 86.6 Å². The lowest BCUT2D eigenvalue weighted by Gasteiger charge is -2.38. The largest absolute Gasteiger partial charge is 0.444 e. The molecule has 0 radical (unpaired) electrons. The summed E-state index contributed by atoms with van der Waals surface area (Å²) in [7, 11) is 1.98. The highest BCUT2D eigenvalue weighted by atomic mass is 16.6. The third kappa shape index (κ3) is 6.93. The fraction of sp³-hybridized carbons (Fsp3) is 0.733. The summed E-state index contributed by atoms with van der Waals surface area (Å²) in [5.74, 6) is 0.628. The summed E-state index contributed by atoms with van der Waals surface area (Å²) in [5, 5.41) is 0. The van der Waals surface area contributed by atoms with Crippen molar-refractivity contribution in [2.45, 2.75) is 118 Å². The number of aromatic nitrogens is 3. The van der Waals surface area contributed by atoms with Crippen molar-refractivity contribution in [2.24, 2.45) is 18.9 Å². The van der Waals surface area contributed by atoms with Crippen molar-refractivity contribution in [3.63, 3.8) is 0 Å². The number of hydrogen-bond acceptors (Lipinski definition) is 6. The van der Waals surface area contributed by atoms with Gasteiger partial charge in [-0.05, 0) is 71.8 Å². The first kappa shape index (κ1) is 30.1. The van der Waals surface area contributed by atoms with Gasteiger partial charge in [-0.2, -0.15) is 0 Å². The Kier molecular flexibility index (Phi) is 8.66. The molecule has 0 unspecified atom stereocenters. The maximum absolute atomic E-state index is 13.2. The standard InChI is InChI=1S/C30H48N4O4/c1-19(2)15-20(23-18-37-30(9,10)34(23)27(36)38-29(6,7)8)13-12-14-24(35)22-17-31-21-16-25(28(3,4)5)33(11)26(21)32-22/h16-17,19-20,23H,12-15,18H2,1-11H3/t20-,23-/m0/s1. The molecule has 0 aromatic carbocycles. The molecule has 2 aromatic heterocycles. The second-order valence-corrected chi connectivity index (χ2v) is 13.7. The van der Waals surface area contributed by atoms with Gasteiger partial charge in [0.1, 0.15) is 22.5 Å². The average Bonchev–Trinajstić information content (AvgIpc) is 3.27. The molecule has 0 aliphatic carbocycles. The molecule has 8 nitrogen and oxygen atoms in total. The highest BCUT2D eigenvalue weighted by Gasteiger charge is 2.48. The Labute approximate surface area is 228 Å². The van der Waals surface area contributed by atoms with Crippen LogP contribution in [0.2, 0.25) is 0 Å². The fourth-order valence-electron chi connectivity index (χ4n) is 5.50. The molecule has 2 aromatic rings. The van der Waals surface area contributed by atoms with Crippen molar-refractivity contribution in [3.8, 4) is 0 Å². The van der Waals surface area contributed by atoms with E-state index in [1.165, 1.54) is 0 Å². The van der Waals surface area contributed by atoms with E-state index >= 15 is 0 Å². The monoisotopic (exact) mass is 528 g/mol. The van der Waals surface area contributed by atoms with Gasteiger partial charge in [0.05, 0.1) is 18.8 Å². The number of carbonyl (C=O) groups is 2. The van der Waals surface area contributed by atoms with Crippen molar-refractivity contribution in [1.29, 1.82) is 0 Å². The minimum atomic E-state index is -0.746. The number of aryl methyl sites for hydroxylation is 1. The van der Waals surface area contributed by atoms with E-state index in [-0.39, 0.29) is 29.3 Å². The van der Waals surface area contributed by atoms with Crippen LogP contribution in [-0.2, 0) is 21.9 Å². The van der Waals surface area contributed by atoms with E-state index in [1.807, 2.05) is 46.2 Å². The molecule has 1 aliphatic heterocycles. The zero-order chi connectivity index (χ0) is 28.6. The highest BCUT2D eigenvalue weighted by molar-refractivity contribution is 5.95. The van der Waals surface area contributed by atoms with Gasteiger partial charge in [-0.1, -0.05) is 34.6 Å². The smallest absolute Gasteiger partial charge is 0.412 e. The minimum Gasteiger partial charge on any atom is -0.444 e. The van der Waals surface area contributed by atoms with Crippen molar-refractivity contribution in [2.75, 3.05) is 6.61 Å². The number of nitrogens with zero attached hydrogens (tertiary/aromatic N) is 4. The molecule has 0 saturated carbocycles. The summed E-state index contributed by atoms with van der Waals surface area (Å²) in [4.78, 5) is 37.3. The maximum Gasteiger partial charge on any atom is 0.412 e. The quantitative estimate of drug-likeness (QED) is 0.356. The Hall–Kier alpha value is -2.48. The van der Waals surface area contributed by atoms with Gasteiger partial charge < -0.3 is 14.0 Å². The number of hydrogen-bond donors (Lipinski definition) is 0. The molecular formula is C30H48N4O4. The first-order valence-electron chi connectivity index (χ1n) is 13.9. The highest BCUT2D eigenvalue weighted by Crippen LogP contribution is 2.37. The summed E-state index contributed by atoms with van der Waals surface area (Å²) < 4.78 is 13.9.